The fraction of sp³-hybridized carbons (Fsp3) is 0.750. The second-order valence-corrected chi connectivity index (χ2v) is 4.76. The van der Waals surface area contributed by atoms with Crippen molar-refractivity contribution in [2.45, 2.75) is 25.3 Å². The zero-order chi connectivity index (χ0) is 13.0. The molecule has 1 saturated heterocycles. The molecule has 0 radical (unpaired) electrons. The van der Waals surface area contributed by atoms with E-state index in [4.69, 9.17) is 13.0 Å². The van der Waals surface area contributed by atoms with Gasteiger partial charge in [-0.1, -0.05) is 6.58 Å². The minimum atomic E-state index is -5.84. The highest BCUT2D eigenvalue weighted by molar-refractivity contribution is 7.86. The van der Waals surface area contributed by atoms with E-state index in [2.05, 4.69) is 18.4 Å². The summed E-state index contributed by atoms with van der Waals surface area (Å²) in [6.07, 6.45) is 2.71. The lowest BCUT2D eigenvalue weighted by atomic mass is 10.4. The first kappa shape index (κ1) is 15.2. The zero-order valence-electron chi connectivity index (χ0n) is 8.79. The van der Waals surface area contributed by atoms with Gasteiger partial charge in [0.05, 0.1) is 0 Å². The van der Waals surface area contributed by atoms with Gasteiger partial charge in [0.15, 0.2) is 0 Å². The summed E-state index contributed by atoms with van der Waals surface area (Å²) in [6, 6.07) is 0. The van der Waals surface area contributed by atoms with Crippen LogP contribution in [-0.4, -0.2) is 36.5 Å². The van der Waals surface area contributed by atoms with Crippen molar-refractivity contribution in [1.82, 2.24) is 4.90 Å². The Balaban J connectivity index is 0.000000281. The van der Waals surface area contributed by atoms with Crippen LogP contribution >= 0.6 is 0 Å². The molecule has 96 valence electrons. The van der Waals surface area contributed by atoms with Gasteiger partial charge in [-0.05, 0) is 19.8 Å². The number of nitrogens with zero attached hydrogens (tertiary/aromatic N) is 1. The first-order valence-corrected chi connectivity index (χ1v) is 5.94. The van der Waals surface area contributed by atoms with Crippen LogP contribution in [0.1, 0.15) is 19.8 Å². The van der Waals surface area contributed by atoms with Gasteiger partial charge in [0.1, 0.15) is 0 Å². The summed E-state index contributed by atoms with van der Waals surface area (Å²) in [6.45, 7) is 8.40. The van der Waals surface area contributed by atoms with Crippen molar-refractivity contribution in [2.24, 2.45) is 0 Å². The van der Waals surface area contributed by atoms with Gasteiger partial charge in [-0.15, -0.1) is 0 Å². The third-order valence-electron chi connectivity index (χ3n) is 1.94. The van der Waals surface area contributed by atoms with Gasteiger partial charge < -0.3 is 4.90 Å². The molecule has 16 heavy (non-hydrogen) atoms. The molecule has 4 nitrogen and oxygen atoms in total. The highest BCUT2D eigenvalue weighted by Gasteiger charge is 2.44. The first-order valence-electron chi connectivity index (χ1n) is 4.50. The topological polar surface area (TPSA) is 57.6 Å². The van der Waals surface area contributed by atoms with Crippen molar-refractivity contribution in [1.29, 1.82) is 0 Å². The van der Waals surface area contributed by atoms with Crippen molar-refractivity contribution in [3.8, 4) is 0 Å². The molecule has 0 amide bonds. The molecule has 0 saturated carbocycles. The fourth-order valence-corrected chi connectivity index (χ4v) is 1.10. The van der Waals surface area contributed by atoms with Crippen molar-refractivity contribution in [3.05, 3.63) is 12.3 Å². The Labute approximate surface area is 92.5 Å². The molecule has 8 heteroatoms. The molecule has 0 aromatic carbocycles. The van der Waals surface area contributed by atoms with Gasteiger partial charge in [0.25, 0.3) is 0 Å². The summed E-state index contributed by atoms with van der Waals surface area (Å²) in [5.74, 6) is 0. The predicted molar refractivity (Wildman–Crippen MR) is 53.2 cm³/mol. The van der Waals surface area contributed by atoms with Crippen LogP contribution in [0.5, 0.6) is 0 Å². The van der Waals surface area contributed by atoms with Crippen LogP contribution < -0.4 is 0 Å². The van der Waals surface area contributed by atoms with Gasteiger partial charge in [-0.25, -0.2) is 0 Å². The van der Waals surface area contributed by atoms with Crippen LogP contribution in [0.3, 0.4) is 0 Å². The maximum atomic E-state index is 10.7. The normalized spacial score (nSPS) is 16.7. The molecule has 1 aliphatic rings. The molecule has 1 rings (SSSR count). The number of alkyl halides is 3. The van der Waals surface area contributed by atoms with Crippen molar-refractivity contribution >= 4 is 10.1 Å². The minimum Gasteiger partial charge on any atom is -0.376 e. The third kappa shape index (κ3) is 5.36. The smallest absolute Gasteiger partial charge is 0.376 e. The fourth-order valence-electron chi connectivity index (χ4n) is 1.10. The second-order valence-electron chi connectivity index (χ2n) is 3.35. The van der Waals surface area contributed by atoms with E-state index in [-0.39, 0.29) is 0 Å². The maximum absolute atomic E-state index is 10.7. The number of halogens is 3. The van der Waals surface area contributed by atoms with Crippen LogP contribution in [0, 0.1) is 0 Å². The monoisotopic (exact) mass is 261 g/mol. The standard InChI is InChI=1S/C7H13N.CHF3O3S/c1-7(2)8-5-3-4-6-8;2-1(3,4)8(5,6)7/h1,3-6H2,2H3;(H,5,6,7). The van der Waals surface area contributed by atoms with Crippen molar-refractivity contribution in [2.75, 3.05) is 13.1 Å². The zero-order valence-corrected chi connectivity index (χ0v) is 9.61. The summed E-state index contributed by atoms with van der Waals surface area (Å²) >= 11 is 0. The number of rotatable bonds is 1. The Morgan fingerprint density at radius 1 is 1.31 bits per heavy atom. The van der Waals surface area contributed by atoms with Gasteiger partial charge in [-0.3, -0.25) is 4.55 Å². The first-order chi connectivity index (χ1) is 7.05. The van der Waals surface area contributed by atoms with E-state index in [0.29, 0.717) is 0 Å². The average Bonchev–Trinajstić information content (AvgIpc) is 2.51. The second kappa shape index (κ2) is 5.53. The molecule has 1 fully saturated rings. The van der Waals surface area contributed by atoms with E-state index in [1.165, 1.54) is 31.6 Å². The largest absolute Gasteiger partial charge is 0.522 e. The highest BCUT2D eigenvalue weighted by Crippen LogP contribution is 2.20. The van der Waals surface area contributed by atoms with Crippen LogP contribution in [0.4, 0.5) is 13.2 Å². The van der Waals surface area contributed by atoms with Gasteiger partial charge in [0, 0.05) is 18.8 Å². The van der Waals surface area contributed by atoms with Crippen molar-refractivity contribution < 1.29 is 26.1 Å². The molecule has 0 spiro atoms. The SMILES string of the molecule is C=C(C)N1CCCC1.O=S(=O)(O)C(F)(F)F. The van der Waals surface area contributed by atoms with E-state index in [1.807, 2.05) is 0 Å². The lowest BCUT2D eigenvalue weighted by molar-refractivity contribution is -0.0510. The molecular formula is C8H14F3NO3S. The Morgan fingerprint density at radius 3 is 1.75 bits per heavy atom. The lowest BCUT2D eigenvalue weighted by Gasteiger charge is -2.15. The Kier molecular flexibility index (Phi) is 5.27. The minimum absolute atomic E-state index is 1.22. The Bertz CT molecular complexity index is 331. The van der Waals surface area contributed by atoms with Crippen LogP contribution in [0.15, 0.2) is 12.3 Å². The summed E-state index contributed by atoms with van der Waals surface area (Å²) in [5.41, 5.74) is -4.31. The van der Waals surface area contributed by atoms with Gasteiger partial charge >= 0.3 is 15.6 Å². The highest BCUT2D eigenvalue weighted by atomic mass is 32.2. The molecule has 0 bridgehead atoms. The summed E-state index contributed by atoms with van der Waals surface area (Å²) in [5, 5.41) is 0. The predicted octanol–water partition coefficient (Wildman–Crippen LogP) is 2.01. The quantitative estimate of drug-likeness (QED) is 0.579. The number of hydrogen-bond donors (Lipinski definition) is 1. The average molecular weight is 261 g/mol. The van der Waals surface area contributed by atoms with Crippen LogP contribution in [0.25, 0.3) is 0 Å². The van der Waals surface area contributed by atoms with E-state index in [0.717, 1.165) is 0 Å². The van der Waals surface area contributed by atoms with E-state index in [1.54, 1.807) is 0 Å². The summed E-state index contributed by atoms with van der Waals surface area (Å²) < 4.78 is 57.5. The number of allylic oxidation sites excluding steroid dienone is 1. The van der Waals surface area contributed by atoms with Gasteiger partial charge in [0.2, 0.25) is 0 Å². The van der Waals surface area contributed by atoms with E-state index < -0.39 is 15.6 Å². The molecule has 1 N–H and O–H groups in total. The Morgan fingerprint density at radius 2 is 1.62 bits per heavy atom. The number of hydrogen-bond acceptors (Lipinski definition) is 3. The van der Waals surface area contributed by atoms with Crippen LogP contribution in [-0.2, 0) is 10.1 Å². The maximum Gasteiger partial charge on any atom is 0.522 e. The Hall–Kier alpha value is -0.760. The summed E-state index contributed by atoms with van der Waals surface area (Å²) in [4.78, 5) is 2.33. The van der Waals surface area contributed by atoms with E-state index in [9.17, 15) is 13.2 Å². The van der Waals surface area contributed by atoms with E-state index >= 15 is 0 Å². The summed E-state index contributed by atoms with van der Waals surface area (Å²) in [7, 11) is -5.84. The van der Waals surface area contributed by atoms with Crippen molar-refractivity contribution in [3.63, 3.8) is 0 Å². The molecule has 0 atom stereocenters. The molecule has 0 aliphatic carbocycles. The lowest BCUT2D eigenvalue weighted by Crippen LogP contribution is -2.21. The van der Waals surface area contributed by atoms with Crippen LogP contribution in [0.2, 0.25) is 0 Å². The molecule has 1 heterocycles. The molecule has 0 aromatic heterocycles. The number of likely N-dealkylation sites (tertiary alicyclic amines) is 1. The molecule has 0 aromatic rings. The molecular weight excluding hydrogens is 247 g/mol. The van der Waals surface area contributed by atoms with Gasteiger partial charge in [-0.2, -0.15) is 21.6 Å². The molecule has 0 unspecified atom stereocenters. The molecule has 1 aliphatic heterocycles. The third-order valence-corrected chi connectivity index (χ3v) is 2.52.